The quantitative estimate of drug-likeness (QED) is 0.128. The van der Waals surface area contributed by atoms with Crippen molar-refractivity contribution < 1.29 is 0 Å². The fourth-order valence-electron chi connectivity index (χ4n) is 19.8. The molecule has 22 rings (SSSR count). The number of nitrogens with zero attached hydrogens (tertiary/aromatic N) is 6. The van der Waals surface area contributed by atoms with E-state index < -0.39 is 10.8 Å². The Labute approximate surface area is 669 Å². The van der Waals surface area contributed by atoms with E-state index >= 15 is 0 Å². The van der Waals surface area contributed by atoms with Crippen LogP contribution in [-0.2, 0) is 10.8 Å². The number of rotatable bonds is 11. The molecule has 0 bridgehead atoms. The van der Waals surface area contributed by atoms with Crippen LogP contribution < -0.4 is 0 Å². The van der Waals surface area contributed by atoms with E-state index in [1.54, 1.807) is 0 Å². The van der Waals surface area contributed by atoms with Crippen LogP contribution in [0.5, 0.6) is 0 Å². The zero-order chi connectivity index (χ0) is 76.8. The average molecular weight is 1470 g/mol. The van der Waals surface area contributed by atoms with Crippen LogP contribution in [0.1, 0.15) is 72.8 Å². The second-order valence-corrected chi connectivity index (χ2v) is 31.3. The highest BCUT2D eigenvalue weighted by atomic mass is 14.9. The number of aromatic nitrogens is 6. The van der Waals surface area contributed by atoms with E-state index in [1.165, 1.54) is 117 Å². The van der Waals surface area contributed by atoms with Gasteiger partial charge in [-0.2, -0.15) is 0 Å². The zero-order valence-corrected chi connectivity index (χ0v) is 64.2. The van der Waals surface area contributed by atoms with Gasteiger partial charge in [-0.1, -0.05) is 303 Å². The van der Waals surface area contributed by atoms with E-state index in [1.807, 2.05) is 19.3 Å². The molecule has 6 heteroatoms. The molecule has 4 aromatic heterocycles. The average Bonchev–Trinajstić information content (AvgIpc) is 1.51. The third-order valence-corrected chi connectivity index (χ3v) is 24.9. The summed E-state index contributed by atoms with van der Waals surface area (Å²) in [5.74, 6) is 1.42. The summed E-state index contributed by atoms with van der Waals surface area (Å²) < 4.78 is 0. The maximum atomic E-state index is 5.41. The molecule has 0 saturated carbocycles. The minimum absolute atomic E-state index is 0.532. The Morgan fingerprint density at radius 3 is 1.34 bits per heavy atom. The number of aryl methyl sites for hydroxylation is 5. The maximum Gasteiger partial charge on any atom is 0.160 e. The molecule has 4 aliphatic carbocycles. The van der Waals surface area contributed by atoms with Crippen LogP contribution in [0.2, 0.25) is 0 Å². The molecule has 115 heavy (non-hydrogen) atoms. The van der Waals surface area contributed by atoms with Gasteiger partial charge >= 0.3 is 0 Å². The standard InChI is InChI=1S/C109H74N6/c1-65-56-57-110-64-92(65)76-50-44-72(45-51-76)77-52-54-88-100(62-77)109(93-34-15-11-27-83(93)84-28-12-16-35-94(84)109)99-39-21-33-89(105(88)99)103-63-101(113-69(5)114-103)78-24-19-25-79(60-78)106-66(2)58-90(68(4)112-106)75-48-42-71(43-49-75)70-40-46-74(47-41-70)82-32-20-38-98-104(82)87-31-14-18-37-96(87)108(98)95-36-17-13-29-85(95)91-61-80(53-55-97(91)108)107-111-67(3)59-102(115-107)86-30-10-9-26-81(86)73-22-7-6-8-23-73/h6-64H,1-5H3. The normalized spacial score (nSPS) is 13.9. The first kappa shape index (κ1) is 67.4. The van der Waals surface area contributed by atoms with E-state index in [0.717, 1.165) is 112 Å². The lowest BCUT2D eigenvalue weighted by atomic mass is 9.70. The molecule has 0 saturated heterocycles. The molecular formula is C109H74N6. The fourth-order valence-corrected chi connectivity index (χ4v) is 19.8. The number of hydrogen-bond acceptors (Lipinski definition) is 6. The molecule has 2 spiro atoms. The summed E-state index contributed by atoms with van der Waals surface area (Å²) in [4.78, 5) is 30.8. The first-order chi connectivity index (χ1) is 56.5. The molecule has 0 fully saturated rings. The minimum atomic E-state index is -0.559. The van der Waals surface area contributed by atoms with E-state index in [-0.39, 0.29) is 0 Å². The molecule has 0 N–H and O–H groups in total. The predicted octanol–water partition coefficient (Wildman–Crippen LogP) is 26.6. The van der Waals surface area contributed by atoms with Crippen LogP contribution in [-0.4, -0.2) is 29.9 Å². The fraction of sp³-hybridized carbons (Fsp3) is 0.0642. The Bertz CT molecular complexity index is 7030. The molecule has 0 radical (unpaired) electrons. The van der Waals surface area contributed by atoms with Crippen molar-refractivity contribution in [2.75, 3.05) is 0 Å². The van der Waals surface area contributed by atoms with Gasteiger partial charge < -0.3 is 0 Å². The molecular weight excluding hydrogens is 1390 g/mol. The van der Waals surface area contributed by atoms with E-state index in [9.17, 15) is 0 Å². The van der Waals surface area contributed by atoms with Gasteiger partial charge in [-0.25, -0.2) is 19.9 Å². The highest BCUT2D eigenvalue weighted by Gasteiger charge is 2.54. The van der Waals surface area contributed by atoms with Gasteiger partial charge in [-0.05, 0) is 233 Å². The molecule has 1 atom stereocenters. The van der Waals surface area contributed by atoms with Gasteiger partial charge in [0.1, 0.15) is 5.82 Å². The predicted molar refractivity (Wildman–Crippen MR) is 469 cm³/mol. The van der Waals surface area contributed by atoms with Crippen molar-refractivity contribution in [3.63, 3.8) is 0 Å². The van der Waals surface area contributed by atoms with Gasteiger partial charge in [0, 0.05) is 62.7 Å². The molecule has 18 aromatic rings. The van der Waals surface area contributed by atoms with Crippen molar-refractivity contribution >= 4 is 0 Å². The second-order valence-electron chi connectivity index (χ2n) is 31.3. The summed E-state index contributed by atoms with van der Waals surface area (Å²) in [7, 11) is 0. The first-order valence-electron chi connectivity index (χ1n) is 39.7. The third kappa shape index (κ3) is 10.4. The van der Waals surface area contributed by atoms with Gasteiger partial charge in [-0.15, -0.1) is 0 Å². The molecule has 540 valence electrons. The van der Waals surface area contributed by atoms with Gasteiger partial charge in [0.05, 0.1) is 33.6 Å². The van der Waals surface area contributed by atoms with Gasteiger partial charge in [0.15, 0.2) is 5.82 Å². The van der Waals surface area contributed by atoms with Gasteiger partial charge in [-0.3, -0.25) is 9.97 Å². The molecule has 0 aliphatic heterocycles. The number of benzene rings is 14. The highest BCUT2D eigenvalue weighted by Crippen LogP contribution is 2.67. The second kappa shape index (κ2) is 26.3. The summed E-state index contributed by atoms with van der Waals surface area (Å²) in [6.07, 6.45) is 3.82. The van der Waals surface area contributed by atoms with Crippen LogP contribution in [0.3, 0.4) is 0 Å². The van der Waals surface area contributed by atoms with Crippen molar-refractivity contribution in [2.45, 2.75) is 45.4 Å². The SMILES string of the molecule is Cc1cc(-c2ccccc2-c2ccccc2)nc(-c2ccc3c(c2)-c2ccccc2C32c3ccccc3-c3c(-c4ccc(-c5ccc(-c6cc(C)c(-c7cccc(-c8cc(-c9cccc%10c9-c9ccc(-c%11ccc(-c%12cnccc%12C)cc%11)cc9C%109c%10ccccc%10-c%10ccccc%109)nc(C)n8)c7)nc6C)cc5)cc4)cccc32)n1. The first-order valence-corrected chi connectivity index (χ1v) is 39.7. The summed E-state index contributed by atoms with van der Waals surface area (Å²) in [6, 6.07) is 128. The molecule has 1 unspecified atom stereocenters. The van der Waals surface area contributed by atoms with E-state index in [4.69, 9.17) is 24.9 Å². The Morgan fingerprint density at radius 1 is 0.217 bits per heavy atom. The maximum absolute atomic E-state index is 5.41. The van der Waals surface area contributed by atoms with Crippen molar-refractivity contribution in [3.05, 3.63) is 431 Å². The van der Waals surface area contributed by atoms with Crippen LogP contribution in [0, 0.1) is 34.6 Å². The highest BCUT2D eigenvalue weighted by molar-refractivity contribution is 6.03. The van der Waals surface area contributed by atoms with Crippen molar-refractivity contribution in [3.8, 4) is 168 Å². The number of fused-ring (bicyclic) bond motifs is 20. The minimum Gasteiger partial charge on any atom is -0.264 e. The number of hydrogen-bond donors (Lipinski definition) is 0. The lowest BCUT2D eigenvalue weighted by Crippen LogP contribution is -2.25. The van der Waals surface area contributed by atoms with Crippen LogP contribution in [0.15, 0.2) is 358 Å². The molecule has 6 nitrogen and oxygen atoms in total. The molecule has 14 aromatic carbocycles. The lowest BCUT2D eigenvalue weighted by molar-refractivity contribution is 0.794. The summed E-state index contributed by atoms with van der Waals surface area (Å²) >= 11 is 0. The topological polar surface area (TPSA) is 77.3 Å². The van der Waals surface area contributed by atoms with Crippen molar-refractivity contribution in [1.29, 1.82) is 0 Å². The van der Waals surface area contributed by atoms with E-state index in [2.05, 4.69) is 378 Å². The molecule has 4 heterocycles. The van der Waals surface area contributed by atoms with Crippen molar-refractivity contribution in [2.24, 2.45) is 0 Å². The smallest absolute Gasteiger partial charge is 0.160 e. The van der Waals surface area contributed by atoms with Crippen LogP contribution in [0.25, 0.3) is 168 Å². The van der Waals surface area contributed by atoms with Crippen molar-refractivity contribution in [1.82, 2.24) is 29.9 Å². The zero-order valence-electron chi connectivity index (χ0n) is 64.2. The Balaban J connectivity index is 0.551. The summed E-state index contributed by atoms with van der Waals surface area (Å²) in [6.45, 7) is 10.5. The molecule has 0 amide bonds. The largest absolute Gasteiger partial charge is 0.264 e. The van der Waals surface area contributed by atoms with Crippen LogP contribution >= 0.6 is 0 Å². The lowest BCUT2D eigenvalue weighted by Gasteiger charge is -2.31. The van der Waals surface area contributed by atoms with Gasteiger partial charge in [0.25, 0.3) is 0 Å². The Morgan fingerprint density at radius 2 is 0.670 bits per heavy atom. The summed E-state index contributed by atoms with van der Waals surface area (Å²) in [5.41, 5.74) is 46.0. The molecule has 4 aliphatic rings. The Kier molecular flexibility index (Phi) is 15.4. The third-order valence-electron chi connectivity index (χ3n) is 24.9. The monoisotopic (exact) mass is 1470 g/mol. The van der Waals surface area contributed by atoms with Crippen LogP contribution in [0.4, 0.5) is 0 Å². The Hall–Kier alpha value is -14.5. The van der Waals surface area contributed by atoms with E-state index in [0.29, 0.717) is 11.6 Å². The number of pyridine rings is 2. The summed E-state index contributed by atoms with van der Waals surface area (Å²) in [5, 5.41) is 0. The van der Waals surface area contributed by atoms with Gasteiger partial charge in [0.2, 0.25) is 0 Å².